The summed E-state index contributed by atoms with van der Waals surface area (Å²) in [5.74, 6) is 1.46. The fourth-order valence-corrected chi connectivity index (χ4v) is 1.86. The molecule has 1 aromatic carbocycles. The average molecular weight is 303 g/mol. The quantitative estimate of drug-likeness (QED) is 0.911. The summed E-state index contributed by atoms with van der Waals surface area (Å²) in [6, 6.07) is 13.2. The highest BCUT2D eigenvalue weighted by molar-refractivity contribution is 9.10. The van der Waals surface area contributed by atoms with Crippen LogP contribution in [0.5, 0.6) is 0 Å². The van der Waals surface area contributed by atoms with E-state index in [1.54, 1.807) is 6.07 Å². The van der Waals surface area contributed by atoms with Crippen LogP contribution in [0, 0.1) is 11.3 Å². The Morgan fingerprint density at radius 1 is 1.22 bits per heavy atom. The van der Waals surface area contributed by atoms with Crippen molar-refractivity contribution in [1.82, 2.24) is 4.98 Å². The molecule has 0 aliphatic carbocycles. The van der Waals surface area contributed by atoms with Gasteiger partial charge >= 0.3 is 0 Å². The molecule has 2 aromatic rings. The van der Waals surface area contributed by atoms with Crippen LogP contribution in [0.25, 0.3) is 0 Å². The van der Waals surface area contributed by atoms with Crippen molar-refractivity contribution < 1.29 is 0 Å². The summed E-state index contributed by atoms with van der Waals surface area (Å²) in [6.45, 7) is 0. The molecule has 0 aliphatic heterocycles. The van der Waals surface area contributed by atoms with Crippen molar-refractivity contribution in [2.24, 2.45) is 0 Å². The second-order valence-corrected chi connectivity index (χ2v) is 4.50. The molecule has 0 bridgehead atoms. The molecule has 0 aliphatic rings. The topological polar surface area (TPSA) is 60.7 Å². The number of halogens is 1. The van der Waals surface area contributed by atoms with Crippen molar-refractivity contribution in [3.8, 4) is 6.07 Å². The van der Waals surface area contributed by atoms with Crippen LogP contribution in [-0.2, 0) is 0 Å². The van der Waals surface area contributed by atoms with Gasteiger partial charge in [-0.05, 0) is 30.3 Å². The van der Waals surface area contributed by atoms with Gasteiger partial charge in [0.25, 0.3) is 0 Å². The van der Waals surface area contributed by atoms with Gasteiger partial charge in [0.1, 0.15) is 17.7 Å². The van der Waals surface area contributed by atoms with E-state index >= 15 is 0 Å². The van der Waals surface area contributed by atoms with Crippen LogP contribution in [0.3, 0.4) is 0 Å². The first-order chi connectivity index (χ1) is 8.72. The highest BCUT2D eigenvalue weighted by atomic mass is 79.9. The van der Waals surface area contributed by atoms with E-state index < -0.39 is 0 Å². The molecule has 18 heavy (non-hydrogen) atoms. The number of benzene rings is 1. The third kappa shape index (κ3) is 2.79. The van der Waals surface area contributed by atoms with Gasteiger partial charge in [0.15, 0.2) is 0 Å². The summed E-state index contributed by atoms with van der Waals surface area (Å²) < 4.78 is 0.911. The maximum Gasteiger partial charge on any atom is 0.132 e. The number of nitrogens with one attached hydrogen (secondary N) is 2. The first kappa shape index (κ1) is 12.4. The van der Waals surface area contributed by atoms with Crippen LogP contribution in [-0.4, -0.2) is 12.0 Å². The number of hydrogen-bond acceptors (Lipinski definition) is 4. The Kier molecular flexibility index (Phi) is 3.80. The first-order valence-corrected chi connectivity index (χ1v) is 6.13. The van der Waals surface area contributed by atoms with Crippen LogP contribution in [0.1, 0.15) is 5.56 Å². The van der Waals surface area contributed by atoms with Gasteiger partial charge < -0.3 is 10.6 Å². The first-order valence-electron chi connectivity index (χ1n) is 5.34. The molecule has 2 rings (SSSR count). The van der Waals surface area contributed by atoms with Crippen LogP contribution >= 0.6 is 15.9 Å². The largest absolute Gasteiger partial charge is 0.373 e. The predicted octanol–water partition coefficient (Wildman–Crippen LogP) is 3.50. The summed E-state index contributed by atoms with van der Waals surface area (Å²) >= 11 is 3.38. The van der Waals surface area contributed by atoms with Gasteiger partial charge in [0.05, 0.1) is 11.3 Å². The predicted molar refractivity (Wildman–Crippen MR) is 75.9 cm³/mol. The average Bonchev–Trinajstić information content (AvgIpc) is 2.39. The van der Waals surface area contributed by atoms with E-state index in [2.05, 4.69) is 37.6 Å². The lowest BCUT2D eigenvalue weighted by Gasteiger charge is -2.09. The van der Waals surface area contributed by atoms with Crippen molar-refractivity contribution in [3.63, 3.8) is 0 Å². The summed E-state index contributed by atoms with van der Waals surface area (Å²) in [5, 5.41) is 15.2. The standard InChI is InChI=1S/C13H11BrN4/c1-16-12-3-2-4-13(18-12)17-11-7-10(14)6-5-9(11)8-15/h2-7H,1H3,(H2,16,17,18). The van der Waals surface area contributed by atoms with Crippen LogP contribution < -0.4 is 10.6 Å². The zero-order chi connectivity index (χ0) is 13.0. The van der Waals surface area contributed by atoms with Crippen molar-refractivity contribution in [1.29, 1.82) is 5.26 Å². The monoisotopic (exact) mass is 302 g/mol. The summed E-state index contributed by atoms with van der Waals surface area (Å²) in [5.41, 5.74) is 1.31. The molecule has 90 valence electrons. The van der Waals surface area contributed by atoms with Gasteiger partial charge in [-0.2, -0.15) is 5.26 Å². The molecule has 0 saturated heterocycles. The molecule has 0 saturated carbocycles. The Morgan fingerprint density at radius 2 is 2.00 bits per heavy atom. The minimum absolute atomic E-state index is 0.579. The molecule has 2 N–H and O–H groups in total. The Morgan fingerprint density at radius 3 is 2.72 bits per heavy atom. The summed E-state index contributed by atoms with van der Waals surface area (Å²) in [4.78, 5) is 4.34. The Balaban J connectivity index is 2.33. The Labute approximate surface area is 114 Å². The van der Waals surface area contributed by atoms with Crippen LogP contribution in [0.2, 0.25) is 0 Å². The number of hydrogen-bond donors (Lipinski definition) is 2. The number of aromatic nitrogens is 1. The van der Waals surface area contributed by atoms with E-state index in [1.165, 1.54) is 0 Å². The number of rotatable bonds is 3. The lowest BCUT2D eigenvalue weighted by Crippen LogP contribution is -1.98. The molecule has 0 radical (unpaired) electrons. The highest BCUT2D eigenvalue weighted by Crippen LogP contribution is 2.24. The fraction of sp³-hybridized carbons (Fsp3) is 0.0769. The molecular formula is C13H11BrN4. The Hall–Kier alpha value is -2.06. The third-order valence-corrected chi connectivity index (χ3v) is 2.86. The second-order valence-electron chi connectivity index (χ2n) is 3.58. The van der Waals surface area contributed by atoms with Crippen molar-refractivity contribution in [3.05, 3.63) is 46.4 Å². The second kappa shape index (κ2) is 5.52. The van der Waals surface area contributed by atoms with Gasteiger partial charge in [-0.1, -0.05) is 22.0 Å². The lowest BCUT2D eigenvalue weighted by molar-refractivity contribution is 1.27. The SMILES string of the molecule is CNc1cccc(Nc2cc(Br)ccc2C#N)n1. The smallest absolute Gasteiger partial charge is 0.132 e. The highest BCUT2D eigenvalue weighted by Gasteiger charge is 2.04. The number of nitriles is 1. The molecule has 5 heteroatoms. The summed E-state index contributed by atoms with van der Waals surface area (Å²) in [7, 11) is 1.81. The van der Waals surface area contributed by atoms with Crippen LogP contribution in [0.4, 0.5) is 17.3 Å². The van der Waals surface area contributed by atoms with Crippen LogP contribution in [0.15, 0.2) is 40.9 Å². The van der Waals surface area contributed by atoms with Gasteiger partial charge in [0, 0.05) is 11.5 Å². The molecule has 0 unspecified atom stereocenters. The zero-order valence-corrected chi connectivity index (χ0v) is 11.3. The van der Waals surface area contributed by atoms with E-state index in [-0.39, 0.29) is 0 Å². The lowest BCUT2D eigenvalue weighted by atomic mass is 10.2. The van der Waals surface area contributed by atoms with Gasteiger partial charge in [0.2, 0.25) is 0 Å². The molecule has 0 amide bonds. The van der Waals surface area contributed by atoms with Gasteiger partial charge in [-0.3, -0.25) is 0 Å². The third-order valence-electron chi connectivity index (χ3n) is 2.37. The number of nitrogens with zero attached hydrogens (tertiary/aromatic N) is 2. The normalized spacial score (nSPS) is 9.61. The van der Waals surface area contributed by atoms with E-state index in [9.17, 15) is 0 Å². The zero-order valence-electron chi connectivity index (χ0n) is 9.74. The molecule has 1 heterocycles. The van der Waals surface area contributed by atoms with E-state index in [4.69, 9.17) is 5.26 Å². The van der Waals surface area contributed by atoms with Gasteiger partial charge in [-0.15, -0.1) is 0 Å². The van der Waals surface area contributed by atoms with Crippen molar-refractivity contribution in [2.45, 2.75) is 0 Å². The molecule has 1 aromatic heterocycles. The molecule has 4 nitrogen and oxygen atoms in total. The molecule has 0 fully saturated rings. The fourth-order valence-electron chi connectivity index (χ4n) is 1.50. The Bertz CT molecular complexity index is 604. The number of pyridine rings is 1. The van der Waals surface area contributed by atoms with Crippen molar-refractivity contribution >= 4 is 33.3 Å². The minimum atomic E-state index is 0.579. The maximum absolute atomic E-state index is 9.05. The minimum Gasteiger partial charge on any atom is -0.373 e. The number of anilines is 3. The van der Waals surface area contributed by atoms with E-state index in [0.717, 1.165) is 16.0 Å². The van der Waals surface area contributed by atoms with Crippen molar-refractivity contribution in [2.75, 3.05) is 17.7 Å². The van der Waals surface area contributed by atoms with E-state index in [1.807, 2.05) is 37.4 Å². The molecular weight excluding hydrogens is 292 g/mol. The van der Waals surface area contributed by atoms with Gasteiger partial charge in [-0.25, -0.2) is 4.98 Å². The molecule has 0 atom stereocenters. The molecule has 0 spiro atoms. The van der Waals surface area contributed by atoms with E-state index in [0.29, 0.717) is 11.4 Å². The maximum atomic E-state index is 9.05. The summed E-state index contributed by atoms with van der Waals surface area (Å²) in [6.07, 6.45) is 0.